The quantitative estimate of drug-likeness (QED) is 0.866. The molecule has 3 rings (SSSR count). The van der Waals surface area contributed by atoms with Gasteiger partial charge < -0.3 is 4.74 Å². The van der Waals surface area contributed by atoms with Crippen molar-refractivity contribution in [3.05, 3.63) is 46.7 Å². The second kappa shape index (κ2) is 5.69. The number of fused-ring (bicyclic) bond motifs is 1. The van der Waals surface area contributed by atoms with Gasteiger partial charge in [-0.05, 0) is 25.5 Å². The van der Waals surface area contributed by atoms with Crippen LogP contribution in [0, 0.1) is 6.92 Å². The number of para-hydroxylation sites is 1. The molecule has 0 radical (unpaired) electrons. The summed E-state index contributed by atoms with van der Waals surface area (Å²) in [6.45, 7) is 2.32. The van der Waals surface area contributed by atoms with Gasteiger partial charge in [0.1, 0.15) is 10.9 Å². The van der Waals surface area contributed by atoms with Crippen LogP contribution in [0.1, 0.15) is 23.6 Å². The van der Waals surface area contributed by atoms with Gasteiger partial charge in [-0.25, -0.2) is 9.97 Å². The van der Waals surface area contributed by atoms with Gasteiger partial charge in [0.05, 0.1) is 12.5 Å². The minimum atomic E-state index is -0.266. The second-order valence-electron chi connectivity index (χ2n) is 4.87. The van der Waals surface area contributed by atoms with Gasteiger partial charge in [0, 0.05) is 11.3 Å². The molecule has 1 amide bonds. The number of aryl methyl sites for hydroxylation is 1. The number of carbonyl (C=O) groups excluding carboxylic acids is 1. The third kappa shape index (κ3) is 2.97. The molecule has 1 aromatic carbocycles. The molecule has 1 atom stereocenters. The summed E-state index contributed by atoms with van der Waals surface area (Å²) in [4.78, 5) is 20.6. The molecule has 5 nitrogen and oxygen atoms in total. The molecule has 21 heavy (non-hydrogen) atoms. The number of ether oxygens (including phenoxy) is 1. The van der Waals surface area contributed by atoms with E-state index in [0.29, 0.717) is 23.9 Å². The van der Waals surface area contributed by atoms with E-state index in [0.717, 1.165) is 11.3 Å². The SMILES string of the molecule is Cc1cc(Cl)nc(NC(=O)C2CCOc3ccccc32)n1. The van der Waals surface area contributed by atoms with E-state index in [1.54, 1.807) is 13.0 Å². The molecule has 0 saturated heterocycles. The Morgan fingerprint density at radius 1 is 1.38 bits per heavy atom. The van der Waals surface area contributed by atoms with Crippen LogP contribution in [-0.4, -0.2) is 22.5 Å². The van der Waals surface area contributed by atoms with E-state index in [9.17, 15) is 4.79 Å². The van der Waals surface area contributed by atoms with Crippen molar-refractivity contribution in [3.63, 3.8) is 0 Å². The fourth-order valence-electron chi connectivity index (χ4n) is 2.40. The van der Waals surface area contributed by atoms with Gasteiger partial charge in [-0.3, -0.25) is 10.1 Å². The molecule has 2 heterocycles. The minimum Gasteiger partial charge on any atom is -0.493 e. The van der Waals surface area contributed by atoms with E-state index in [1.807, 2.05) is 24.3 Å². The summed E-state index contributed by atoms with van der Waals surface area (Å²) in [5.41, 5.74) is 1.60. The Bertz CT molecular complexity index is 670. The predicted octanol–water partition coefficient (Wildman–Crippen LogP) is 2.94. The number of anilines is 1. The highest BCUT2D eigenvalue weighted by atomic mass is 35.5. The van der Waals surface area contributed by atoms with Crippen LogP contribution in [-0.2, 0) is 4.79 Å². The van der Waals surface area contributed by atoms with Crippen molar-refractivity contribution in [2.24, 2.45) is 0 Å². The summed E-state index contributed by atoms with van der Waals surface area (Å²) >= 11 is 5.88. The van der Waals surface area contributed by atoms with Crippen molar-refractivity contribution in [3.8, 4) is 5.75 Å². The van der Waals surface area contributed by atoms with Gasteiger partial charge in [0.15, 0.2) is 0 Å². The van der Waals surface area contributed by atoms with E-state index >= 15 is 0 Å². The maximum Gasteiger partial charge on any atom is 0.234 e. The lowest BCUT2D eigenvalue weighted by Gasteiger charge is -2.24. The highest BCUT2D eigenvalue weighted by Crippen LogP contribution is 2.33. The van der Waals surface area contributed by atoms with Gasteiger partial charge in [-0.15, -0.1) is 0 Å². The Morgan fingerprint density at radius 3 is 3.00 bits per heavy atom. The smallest absolute Gasteiger partial charge is 0.234 e. The Hall–Kier alpha value is -2.14. The number of halogens is 1. The molecular formula is C15H14ClN3O2. The third-order valence-corrected chi connectivity index (χ3v) is 3.53. The first-order valence-electron chi connectivity index (χ1n) is 6.67. The molecule has 0 fully saturated rings. The first-order valence-corrected chi connectivity index (χ1v) is 7.05. The van der Waals surface area contributed by atoms with E-state index in [4.69, 9.17) is 16.3 Å². The summed E-state index contributed by atoms with van der Waals surface area (Å²) in [7, 11) is 0. The van der Waals surface area contributed by atoms with Crippen LogP contribution in [0.25, 0.3) is 0 Å². The summed E-state index contributed by atoms with van der Waals surface area (Å²) in [6.07, 6.45) is 0.627. The van der Waals surface area contributed by atoms with Crippen molar-refractivity contribution >= 4 is 23.5 Å². The molecule has 0 bridgehead atoms. The number of nitrogens with zero attached hydrogens (tertiary/aromatic N) is 2. The van der Waals surface area contributed by atoms with Crippen LogP contribution in [0.15, 0.2) is 30.3 Å². The van der Waals surface area contributed by atoms with E-state index < -0.39 is 0 Å². The predicted molar refractivity (Wildman–Crippen MR) is 79.7 cm³/mol. The fourth-order valence-corrected chi connectivity index (χ4v) is 2.64. The molecule has 1 N–H and O–H groups in total. The molecule has 6 heteroatoms. The van der Waals surface area contributed by atoms with Crippen LogP contribution in [0.4, 0.5) is 5.95 Å². The Labute approximate surface area is 127 Å². The minimum absolute atomic E-state index is 0.146. The molecule has 108 valence electrons. The molecule has 1 aliphatic heterocycles. The standard InChI is InChI=1S/C15H14ClN3O2/c1-9-8-13(16)18-15(17-9)19-14(20)11-6-7-21-12-5-3-2-4-10(11)12/h2-5,8,11H,6-7H2,1H3,(H,17,18,19,20). The largest absolute Gasteiger partial charge is 0.493 e. The van der Waals surface area contributed by atoms with Crippen LogP contribution < -0.4 is 10.1 Å². The number of benzene rings is 1. The van der Waals surface area contributed by atoms with E-state index in [2.05, 4.69) is 15.3 Å². The van der Waals surface area contributed by atoms with E-state index in [-0.39, 0.29) is 17.8 Å². The highest BCUT2D eigenvalue weighted by molar-refractivity contribution is 6.29. The first-order chi connectivity index (χ1) is 10.1. The van der Waals surface area contributed by atoms with Crippen LogP contribution in [0.5, 0.6) is 5.75 Å². The molecule has 0 spiro atoms. The van der Waals surface area contributed by atoms with Crippen molar-refractivity contribution in [1.82, 2.24) is 9.97 Å². The van der Waals surface area contributed by atoms with Crippen molar-refractivity contribution < 1.29 is 9.53 Å². The molecule has 1 aliphatic rings. The van der Waals surface area contributed by atoms with Gasteiger partial charge in [-0.1, -0.05) is 29.8 Å². The zero-order valence-electron chi connectivity index (χ0n) is 11.5. The monoisotopic (exact) mass is 303 g/mol. The topological polar surface area (TPSA) is 64.1 Å². The summed E-state index contributed by atoms with van der Waals surface area (Å²) in [5.74, 6) is 0.575. The van der Waals surface area contributed by atoms with Crippen LogP contribution in [0.3, 0.4) is 0 Å². The molecule has 0 saturated carbocycles. The fraction of sp³-hybridized carbons (Fsp3) is 0.267. The normalized spacial score (nSPS) is 16.8. The Kier molecular flexibility index (Phi) is 3.75. The lowest BCUT2D eigenvalue weighted by atomic mass is 9.92. The summed E-state index contributed by atoms with van der Waals surface area (Å²) in [6, 6.07) is 9.20. The summed E-state index contributed by atoms with van der Waals surface area (Å²) in [5, 5.41) is 3.04. The number of nitrogens with one attached hydrogen (secondary N) is 1. The number of aromatic nitrogens is 2. The Morgan fingerprint density at radius 2 is 2.19 bits per heavy atom. The maximum atomic E-state index is 12.5. The lowest BCUT2D eigenvalue weighted by Crippen LogP contribution is -2.27. The van der Waals surface area contributed by atoms with Crippen LogP contribution in [0.2, 0.25) is 5.15 Å². The zero-order chi connectivity index (χ0) is 14.8. The summed E-state index contributed by atoms with van der Waals surface area (Å²) < 4.78 is 5.56. The van der Waals surface area contributed by atoms with Crippen LogP contribution >= 0.6 is 11.6 Å². The number of rotatable bonds is 2. The van der Waals surface area contributed by atoms with E-state index in [1.165, 1.54) is 0 Å². The van der Waals surface area contributed by atoms with Crippen molar-refractivity contribution in [2.75, 3.05) is 11.9 Å². The first kappa shape index (κ1) is 13.8. The number of hydrogen-bond donors (Lipinski definition) is 1. The maximum absolute atomic E-state index is 12.5. The van der Waals surface area contributed by atoms with Gasteiger partial charge in [-0.2, -0.15) is 0 Å². The van der Waals surface area contributed by atoms with Gasteiger partial charge in [0.2, 0.25) is 11.9 Å². The van der Waals surface area contributed by atoms with Crippen molar-refractivity contribution in [2.45, 2.75) is 19.3 Å². The highest BCUT2D eigenvalue weighted by Gasteiger charge is 2.27. The number of hydrogen-bond acceptors (Lipinski definition) is 4. The average Bonchev–Trinajstić information content (AvgIpc) is 2.45. The molecule has 0 aliphatic carbocycles. The Balaban J connectivity index is 1.83. The average molecular weight is 304 g/mol. The molecule has 2 aromatic rings. The second-order valence-corrected chi connectivity index (χ2v) is 5.26. The lowest BCUT2D eigenvalue weighted by molar-refractivity contribution is -0.118. The molecular weight excluding hydrogens is 290 g/mol. The third-order valence-electron chi connectivity index (χ3n) is 3.33. The number of amides is 1. The molecule has 1 unspecified atom stereocenters. The zero-order valence-corrected chi connectivity index (χ0v) is 12.2. The number of carbonyl (C=O) groups is 1. The van der Waals surface area contributed by atoms with Gasteiger partial charge >= 0.3 is 0 Å². The van der Waals surface area contributed by atoms with Gasteiger partial charge in [0.25, 0.3) is 0 Å². The van der Waals surface area contributed by atoms with Crippen molar-refractivity contribution in [1.29, 1.82) is 0 Å². The molecule has 1 aromatic heterocycles.